The van der Waals surface area contributed by atoms with Crippen molar-refractivity contribution in [1.29, 1.82) is 0 Å². The summed E-state index contributed by atoms with van der Waals surface area (Å²) in [5, 5.41) is 25.0. The minimum atomic E-state index is -0.640. The Balaban J connectivity index is 1.60. The Hall–Kier alpha value is -3.24. The number of nitrogens with one attached hydrogen (secondary N) is 1. The Morgan fingerprint density at radius 1 is 1.23 bits per heavy atom. The van der Waals surface area contributed by atoms with Crippen molar-refractivity contribution in [2.24, 2.45) is 0 Å². The maximum atomic E-state index is 11.9. The number of aliphatic hydroxyl groups excluding tert-OH is 1. The fraction of sp³-hybridized carbons (Fsp3) is 0.350. The number of halogens is 1. The third-order valence-corrected chi connectivity index (χ3v) is 4.06. The van der Waals surface area contributed by atoms with E-state index in [1.807, 2.05) is 0 Å². The van der Waals surface area contributed by atoms with Gasteiger partial charge < -0.3 is 19.9 Å². The fourth-order valence-electron chi connectivity index (χ4n) is 2.45. The number of amides is 1. The number of rotatable bonds is 7. The zero-order valence-electron chi connectivity index (χ0n) is 17.3. The maximum Gasteiger partial charge on any atom is 0.408 e. The summed E-state index contributed by atoms with van der Waals surface area (Å²) in [6, 6.07) is 9.75. The Morgan fingerprint density at radius 2 is 1.97 bits per heavy atom. The lowest BCUT2D eigenvalue weighted by molar-refractivity contribution is 0.0472. The van der Waals surface area contributed by atoms with E-state index < -0.39 is 17.7 Å². The molecule has 0 radical (unpaired) electrons. The molecule has 3 aromatic rings. The van der Waals surface area contributed by atoms with Crippen LogP contribution in [0.15, 0.2) is 42.6 Å². The highest BCUT2D eigenvalue weighted by molar-refractivity contribution is 6.30. The van der Waals surface area contributed by atoms with Crippen molar-refractivity contribution >= 4 is 17.7 Å². The number of pyridine rings is 1. The number of benzene rings is 1. The van der Waals surface area contributed by atoms with Gasteiger partial charge in [-0.2, -0.15) is 4.80 Å². The smallest absolute Gasteiger partial charge is 0.408 e. The predicted octanol–water partition coefficient (Wildman–Crippen LogP) is 3.07. The van der Waals surface area contributed by atoms with E-state index in [-0.39, 0.29) is 13.2 Å². The molecule has 0 bridgehead atoms. The van der Waals surface area contributed by atoms with Crippen LogP contribution in [0.25, 0.3) is 11.4 Å². The van der Waals surface area contributed by atoms with Crippen LogP contribution in [0, 0.1) is 0 Å². The molecule has 11 heteroatoms. The molecule has 164 valence electrons. The molecule has 10 nitrogen and oxygen atoms in total. The number of hydrogen-bond acceptors (Lipinski definition) is 8. The van der Waals surface area contributed by atoms with E-state index in [9.17, 15) is 9.90 Å². The quantitative estimate of drug-likeness (QED) is 0.567. The summed E-state index contributed by atoms with van der Waals surface area (Å²) in [5.41, 5.74) is -0.00509. The third kappa shape index (κ3) is 6.90. The van der Waals surface area contributed by atoms with E-state index in [0.717, 1.165) is 0 Å². The number of nitrogens with zero attached hydrogens (tertiary/aromatic N) is 5. The normalized spacial score (nSPS) is 12.3. The Morgan fingerprint density at radius 3 is 2.58 bits per heavy atom. The lowest BCUT2D eigenvalue weighted by atomic mass is 10.2. The van der Waals surface area contributed by atoms with Crippen molar-refractivity contribution in [2.75, 3.05) is 6.61 Å². The van der Waals surface area contributed by atoms with Gasteiger partial charge in [-0.15, -0.1) is 10.2 Å². The molecule has 2 heterocycles. The van der Waals surface area contributed by atoms with Gasteiger partial charge in [-0.1, -0.05) is 11.6 Å². The van der Waals surface area contributed by atoms with Gasteiger partial charge in [0.15, 0.2) is 0 Å². The molecule has 1 atom stereocenters. The molecule has 0 spiro atoms. The number of tetrazole rings is 1. The van der Waals surface area contributed by atoms with Crippen LogP contribution in [0.4, 0.5) is 4.79 Å². The summed E-state index contributed by atoms with van der Waals surface area (Å²) >= 11 is 5.86. The van der Waals surface area contributed by atoms with Gasteiger partial charge in [-0.05, 0) is 56.3 Å². The van der Waals surface area contributed by atoms with Crippen LogP contribution in [0.5, 0.6) is 11.6 Å². The van der Waals surface area contributed by atoms with E-state index in [2.05, 4.69) is 25.7 Å². The molecule has 0 aliphatic heterocycles. The van der Waals surface area contributed by atoms with Crippen LogP contribution < -0.4 is 10.1 Å². The molecule has 1 aromatic carbocycles. The topological polar surface area (TPSA) is 124 Å². The minimum absolute atomic E-state index is 0.119. The van der Waals surface area contributed by atoms with Gasteiger partial charge in [0.1, 0.15) is 11.4 Å². The molecular formula is C20H23ClN6O4. The second-order valence-corrected chi connectivity index (χ2v) is 8.07. The van der Waals surface area contributed by atoms with Crippen LogP contribution in [-0.4, -0.2) is 54.6 Å². The molecule has 0 aliphatic carbocycles. The van der Waals surface area contributed by atoms with Gasteiger partial charge in [0.05, 0.1) is 19.2 Å². The number of ether oxygens (including phenoxy) is 2. The lowest BCUT2D eigenvalue weighted by Crippen LogP contribution is -2.43. The Labute approximate surface area is 184 Å². The highest BCUT2D eigenvalue weighted by atomic mass is 35.5. The molecule has 3 rings (SSSR count). The molecule has 0 fully saturated rings. The van der Waals surface area contributed by atoms with Gasteiger partial charge in [0.2, 0.25) is 11.7 Å². The highest BCUT2D eigenvalue weighted by Crippen LogP contribution is 2.23. The zero-order chi connectivity index (χ0) is 22.4. The lowest BCUT2D eigenvalue weighted by Gasteiger charge is -2.22. The Bertz CT molecular complexity index is 1000. The average Bonchev–Trinajstić information content (AvgIpc) is 3.17. The zero-order valence-corrected chi connectivity index (χ0v) is 18.1. The highest BCUT2D eigenvalue weighted by Gasteiger charge is 2.20. The molecule has 0 saturated carbocycles. The van der Waals surface area contributed by atoms with E-state index in [0.29, 0.717) is 28.0 Å². The van der Waals surface area contributed by atoms with Crippen molar-refractivity contribution in [2.45, 2.75) is 39.0 Å². The largest absolute Gasteiger partial charge is 0.444 e. The van der Waals surface area contributed by atoms with E-state index in [1.54, 1.807) is 63.4 Å². The molecule has 2 aromatic heterocycles. The molecule has 0 unspecified atom stereocenters. The number of aromatic nitrogens is 5. The second-order valence-electron chi connectivity index (χ2n) is 7.63. The molecule has 0 aliphatic rings. The summed E-state index contributed by atoms with van der Waals surface area (Å²) in [6.07, 6.45) is 0.932. The maximum absolute atomic E-state index is 11.9. The van der Waals surface area contributed by atoms with Gasteiger partial charge in [-0.3, -0.25) is 0 Å². The first-order chi connectivity index (χ1) is 14.7. The predicted molar refractivity (Wildman–Crippen MR) is 113 cm³/mol. The molecule has 1 amide bonds. The first kappa shape index (κ1) is 22.4. The van der Waals surface area contributed by atoms with Crippen LogP contribution in [0.3, 0.4) is 0 Å². The fourth-order valence-corrected chi connectivity index (χ4v) is 2.58. The summed E-state index contributed by atoms with van der Waals surface area (Å²) < 4.78 is 10.8. The third-order valence-electron chi connectivity index (χ3n) is 3.81. The molecule has 31 heavy (non-hydrogen) atoms. The van der Waals surface area contributed by atoms with Gasteiger partial charge in [0.25, 0.3) is 0 Å². The van der Waals surface area contributed by atoms with Crippen LogP contribution in [-0.2, 0) is 11.3 Å². The molecule has 2 N–H and O–H groups in total. The van der Waals surface area contributed by atoms with Crippen molar-refractivity contribution in [1.82, 2.24) is 30.5 Å². The summed E-state index contributed by atoms with van der Waals surface area (Å²) in [7, 11) is 0. The molecular weight excluding hydrogens is 424 g/mol. The van der Waals surface area contributed by atoms with E-state index in [1.165, 1.54) is 4.80 Å². The SMILES string of the molecule is CC(C)(C)OC(=O)N[C@H](CO)Cn1nnc(-c2ccc(Oc3ccc(Cl)cc3)nc2)n1. The van der Waals surface area contributed by atoms with E-state index in [4.69, 9.17) is 21.1 Å². The van der Waals surface area contributed by atoms with E-state index >= 15 is 0 Å². The number of aliphatic hydroxyl groups is 1. The standard InChI is InChI=1S/C20H23ClN6O4/c1-20(2,3)31-19(29)23-15(12-28)11-27-25-18(24-26-27)13-4-9-17(22-10-13)30-16-7-5-14(21)6-8-16/h4-10,15,28H,11-12H2,1-3H3,(H,23,29)/t15-/m0/s1. The second kappa shape index (κ2) is 9.71. The van der Waals surface area contributed by atoms with Crippen molar-refractivity contribution in [3.8, 4) is 23.0 Å². The number of hydrogen-bond donors (Lipinski definition) is 2. The van der Waals surface area contributed by atoms with Gasteiger partial charge in [0, 0.05) is 22.8 Å². The first-order valence-electron chi connectivity index (χ1n) is 9.50. The monoisotopic (exact) mass is 446 g/mol. The number of carbonyl (C=O) groups is 1. The number of carbonyl (C=O) groups excluding carboxylic acids is 1. The van der Waals surface area contributed by atoms with Crippen molar-refractivity contribution < 1.29 is 19.4 Å². The van der Waals surface area contributed by atoms with Crippen molar-refractivity contribution in [3.63, 3.8) is 0 Å². The van der Waals surface area contributed by atoms with Crippen LogP contribution in [0.1, 0.15) is 20.8 Å². The van der Waals surface area contributed by atoms with Crippen molar-refractivity contribution in [3.05, 3.63) is 47.6 Å². The number of alkyl carbamates (subject to hydrolysis) is 1. The summed E-state index contributed by atoms with van der Waals surface area (Å²) in [4.78, 5) is 17.4. The summed E-state index contributed by atoms with van der Waals surface area (Å²) in [6.45, 7) is 5.07. The minimum Gasteiger partial charge on any atom is -0.444 e. The first-order valence-corrected chi connectivity index (χ1v) is 9.87. The summed E-state index contributed by atoms with van der Waals surface area (Å²) in [5.74, 6) is 1.36. The van der Waals surface area contributed by atoms with Crippen LogP contribution >= 0.6 is 11.6 Å². The average molecular weight is 447 g/mol. The molecule has 0 saturated heterocycles. The van der Waals surface area contributed by atoms with Crippen LogP contribution in [0.2, 0.25) is 5.02 Å². The Kier molecular flexibility index (Phi) is 7.03. The van der Waals surface area contributed by atoms with Gasteiger partial charge >= 0.3 is 6.09 Å². The van der Waals surface area contributed by atoms with Gasteiger partial charge in [-0.25, -0.2) is 9.78 Å².